The molecule has 1 heterocycles. The summed E-state index contributed by atoms with van der Waals surface area (Å²) in [5.41, 5.74) is 3.42. The second-order valence-corrected chi connectivity index (χ2v) is 6.69. The molecular weight excluding hydrogens is 326 g/mol. The third-order valence-electron chi connectivity index (χ3n) is 4.63. The number of aryl methyl sites for hydroxylation is 1. The zero-order chi connectivity index (χ0) is 18.2. The summed E-state index contributed by atoms with van der Waals surface area (Å²) in [4.78, 5) is 14.8. The van der Waals surface area contributed by atoms with Crippen LogP contribution in [0.15, 0.2) is 54.6 Å². The van der Waals surface area contributed by atoms with Crippen molar-refractivity contribution in [2.24, 2.45) is 0 Å². The highest BCUT2D eigenvalue weighted by Gasteiger charge is 2.20. The second kappa shape index (κ2) is 9.36. The van der Waals surface area contributed by atoms with E-state index >= 15 is 0 Å². The highest BCUT2D eigenvalue weighted by atomic mass is 16.5. The predicted molar refractivity (Wildman–Crippen MR) is 103 cm³/mol. The molecule has 1 atom stereocenters. The van der Waals surface area contributed by atoms with Gasteiger partial charge < -0.3 is 15.4 Å². The Morgan fingerprint density at radius 3 is 2.46 bits per heavy atom. The molecule has 1 aliphatic rings. The molecule has 5 heteroatoms. The van der Waals surface area contributed by atoms with Gasteiger partial charge in [-0.1, -0.05) is 60.2 Å². The van der Waals surface area contributed by atoms with Crippen LogP contribution in [-0.2, 0) is 11.3 Å². The molecule has 0 bridgehead atoms. The summed E-state index contributed by atoms with van der Waals surface area (Å²) in [6.07, 6.45) is 0. The van der Waals surface area contributed by atoms with E-state index in [0.717, 1.165) is 44.0 Å². The lowest BCUT2D eigenvalue weighted by molar-refractivity contribution is 0.0340. The predicted octanol–water partition coefficient (Wildman–Crippen LogP) is 2.87. The van der Waals surface area contributed by atoms with E-state index in [2.05, 4.69) is 46.7 Å². The van der Waals surface area contributed by atoms with Gasteiger partial charge in [0.05, 0.1) is 19.3 Å². The van der Waals surface area contributed by atoms with E-state index in [1.807, 2.05) is 30.3 Å². The zero-order valence-corrected chi connectivity index (χ0v) is 15.3. The van der Waals surface area contributed by atoms with E-state index < -0.39 is 0 Å². The van der Waals surface area contributed by atoms with Gasteiger partial charge in [-0.3, -0.25) is 4.90 Å². The smallest absolute Gasteiger partial charge is 0.315 e. The number of carbonyl (C=O) groups excluding carboxylic acids is 1. The minimum absolute atomic E-state index is 0.0514. The van der Waals surface area contributed by atoms with Crippen LogP contribution in [0.2, 0.25) is 0 Å². The Bertz CT molecular complexity index is 682. The van der Waals surface area contributed by atoms with Gasteiger partial charge in [-0.15, -0.1) is 0 Å². The van der Waals surface area contributed by atoms with Crippen LogP contribution in [0.4, 0.5) is 4.79 Å². The molecule has 0 spiro atoms. The molecule has 1 saturated heterocycles. The van der Waals surface area contributed by atoms with Gasteiger partial charge in [-0.2, -0.15) is 0 Å². The van der Waals surface area contributed by atoms with Crippen LogP contribution in [0.5, 0.6) is 0 Å². The average Bonchev–Trinajstić information content (AvgIpc) is 2.68. The van der Waals surface area contributed by atoms with Crippen molar-refractivity contribution in [3.63, 3.8) is 0 Å². The molecule has 138 valence electrons. The van der Waals surface area contributed by atoms with Gasteiger partial charge in [0.15, 0.2) is 0 Å². The molecule has 5 nitrogen and oxygen atoms in total. The number of rotatable bonds is 6. The summed E-state index contributed by atoms with van der Waals surface area (Å²) in [5, 5.41) is 6.09. The number of nitrogens with zero attached hydrogens (tertiary/aromatic N) is 1. The molecule has 2 aromatic carbocycles. The van der Waals surface area contributed by atoms with Crippen LogP contribution >= 0.6 is 0 Å². The minimum atomic E-state index is -0.146. The van der Waals surface area contributed by atoms with Crippen LogP contribution in [0.3, 0.4) is 0 Å². The van der Waals surface area contributed by atoms with E-state index in [-0.39, 0.29) is 12.1 Å². The molecule has 2 N–H and O–H groups in total. The fourth-order valence-corrected chi connectivity index (χ4v) is 3.06. The average molecular weight is 353 g/mol. The Balaban J connectivity index is 1.62. The van der Waals surface area contributed by atoms with Crippen molar-refractivity contribution < 1.29 is 9.53 Å². The molecule has 26 heavy (non-hydrogen) atoms. The molecule has 0 aromatic heterocycles. The lowest BCUT2D eigenvalue weighted by atomic mass is 10.0. The molecule has 0 saturated carbocycles. The van der Waals surface area contributed by atoms with Gasteiger partial charge in [0.25, 0.3) is 0 Å². The van der Waals surface area contributed by atoms with Crippen LogP contribution < -0.4 is 10.6 Å². The van der Waals surface area contributed by atoms with E-state index in [4.69, 9.17) is 4.74 Å². The molecular formula is C21H27N3O2. The van der Waals surface area contributed by atoms with Gasteiger partial charge in [-0.25, -0.2) is 4.79 Å². The summed E-state index contributed by atoms with van der Waals surface area (Å²) in [7, 11) is 0. The lowest BCUT2D eigenvalue weighted by Crippen LogP contribution is -2.45. The van der Waals surface area contributed by atoms with Crippen molar-refractivity contribution in [1.82, 2.24) is 15.5 Å². The van der Waals surface area contributed by atoms with Gasteiger partial charge >= 0.3 is 6.03 Å². The van der Waals surface area contributed by atoms with Crippen LogP contribution in [0.25, 0.3) is 0 Å². The highest BCUT2D eigenvalue weighted by Crippen LogP contribution is 2.16. The summed E-state index contributed by atoms with van der Waals surface area (Å²) in [6.45, 7) is 6.67. The number of morpholine rings is 1. The van der Waals surface area contributed by atoms with E-state index in [0.29, 0.717) is 6.54 Å². The first-order chi connectivity index (χ1) is 12.7. The quantitative estimate of drug-likeness (QED) is 0.840. The number of amides is 2. The molecule has 0 radical (unpaired) electrons. The molecule has 2 aromatic rings. The Morgan fingerprint density at radius 2 is 1.77 bits per heavy atom. The van der Waals surface area contributed by atoms with Crippen molar-refractivity contribution in [2.45, 2.75) is 19.5 Å². The van der Waals surface area contributed by atoms with Crippen LogP contribution in [-0.4, -0.2) is 43.8 Å². The van der Waals surface area contributed by atoms with E-state index in [1.54, 1.807) is 0 Å². The third-order valence-corrected chi connectivity index (χ3v) is 4.63. The normalized spacial score (nSPS) is 16.0. The van der Waals surface area contributed by atoms with Gasteiger partial charge in [-0.05, 0) is 18.1 Å². The maximum atomic E-state index is 12.4. The number of hydrogen-bond donors (Lipinski definition) is 2. The van der Waals surface area contributed by atoms with Crippen LogP contribution in [0, 0.1) is 6.92 Å². The SMILES string of the molecule is Cc1ccc(C(CN2CCOCC2)NC(=O)NCc2ccccc2)cc1. The number of ether oxygens (including phenoxy) is 1. The molecule has 3 rings (SSSR count). The minimum Gasteiger partial charge on any atom is -0.379 e. The Labute approximate surface area is 155 Å². The monoisotopic (exact) mass is 353 g/mol. The number of urea groups is 1. The fraction of sp³-hybridized carbons (Fsp3) is 0.381. The summed E-state index contributed by atoms with van der Waals surface area (Å²) in [5.74, 6) is 0. The number of benzene rings is 2. The summed E-state index contributed by atoms with van der Waals surface area (Å²) < 4.78 is 5.43. The number of hydrogen-bond acceptors (Lipinski definition) is 3. The van der Waals surface area contributed by atoms with Crippen molar-refractivity contribution in [1.29, 1.82) is 0 Å². The maximum absolute atomic E-state index is 12.4. The molecule has 0 aliphatic carbocycles. The van der Waals surface area contributed by atoms with Crippen molar-refractivity contribution >= 4 is 6.03 Å². The van der Waals surface area contributed by atoms with Crippen molar-refractivity contribution in [3.05, 3.63) is 71.3 Å². The first-order valence-corrected chi connectivity index (χ1v) is 9.15. The Hall–Kier alpha value is -2.37. The van der Waals surface area contributed by atoms with Gasteiger partial charge in [0, 0.05) is 26.2 Å². The van der Waals surface area contributed by atoms with Gasteiger partial charge in [0.2, 0.25) is 0 Å². The molecule has 1 fully saturated rings. The third kappa shape index (κ3) is 5.58. The maximum Gasteiger partial charge on any atom is 0.315 e. The lowest BCUT2D eigenvalue weighted by Gasteiger charge is -2.31. The molecule has 1 aliphatic heterocycles. The largest absolute Gasteiger partial charge is 0.379 e. The van der Waals surface area contributed by atoms with Crippen molar-refractivity contribution in [2.75, 3.05) is 32.8 Å². The fourth-order valence-electron chi connectivity index (χ4n) is 3.06. The van der Waals surface area contributed by atoms with Crippen molar-refractivity contribution in [3.8, 4) is 0 Å². The Morgan fingerprint density at radius 1 is 1.08 bits per heavy atom. The molecule has 1 unspecified atom stereocenters. The highest BCUT2D eigenvalue weighted by molar-refractivity contribution is 5.74. The Kier molecular flexibility index (Phi) is 6.63. The van der Waals surface area contributed by atoms with Gasteiger partial charge in [0.1, 0.15) is 0 Å². The first-order valence-electron chi connectivity index (χ1n) is 9.15. The van der Waals surface area contributed by atoms with E-state index in [1.165, 1.54) is 5.56 Å². The topological polar surface area (TPSA) is 53.6 Å². The first kappa shape index (κ1) is 18.4. The standard InChI is InChI=1S/C21H27N3O2/c1-17-7-9-19(10-8-17)20(16-24-11-13-26-14-12-24)23-21(25)22-15-18-5-3-2-4-6-18/h2-10,20H,11-16H2,1H3,(H2,22,23,25). The number of carbonyl (C=O) groups is 1. The summed E-state index contributed by atoms with van der Waals surface area (Å²) in [6, 6.07) is 18.1. The second-order valence-electron chi connectivity index (χ2n) is 6.69. The molecule has 2 amide bonds. The van der Waals surface area contributed by atoms with Crippen LogP contribution in [0.1, 0.15) is 22.7 Å². The van der Waals surface area contributed by atoms with E-state index in [9.17, 15) is 4.79 Å². The number of nitrogens with one attached hydrogen (secondary N) is 2. The zero-order valence-electron chi connectivity index (χ0n) is 15.3. The summed E-state index contributed by atoms with van der Waals surface area (Å²) >= 11 is 0.